The van der Waals surface area contributed by atoms with Crippen molar-refractivity contribution in [3.8, 4) is 11.5 Å². The average molecular weight is 272 g/mol. The van der Waals surface area contributed by atoms with Gasteiger partial charge in [0.2, 0.25) is 5.89 Å². The minimum atomic E-state index is 0.316. The number of hydrogen-bond donors (Lipinski definition) is 2. The van der Waals surface area contributed by atoms with Gasteiger partial charge in [-0.05, 0) is 25.5 Å². The second-order valence-electron chi connectivity index (χ2n) is 4.67. The number of nitrogens with one attached hydrogen (secondary N) is 1. The van der Waals surface area contributed by atoms with Gasteiger partial charge in [0.15, 0.2) is 5.96 Å². The number of aromatic nitrogens is 1. The molecule has 0 spiro atoms. The van der Waals surface area contributed by atoms with Gasteiger partial charge in [-0.15, -0.1) is 0 Å². The number of nitrogens with two attached hydrogens (primary N) is 1. The molecule has 1 atom stereocenters. The number of hydrogen-bond acceptors (Lipinski definition) is 3. The maximum atomic E-state index is 5.80. The summed E-state index contributed by atoms with van der Waals surface area (Å²) in [6.07, 6.45) is 2.61. The average Bonchev–Trinajstić information content (AvgIpc) is 2.95. The first-order valence-corrected chi connectivity index (χ1v) is 6.75. The lowest BCUT2D eigenvalue weighted by Crippen LogP contribution is -2.38. The van der Waals surface area contributed by atoms with E-state index < -0.39 is 0 Å². The smallest absolute Gasteiger partial charge is 0.226 e. The zero-order valence-corrected chi connectivity index (χ0v) is 11.8. The number of nitrogens with zero attached hydrogens (tertiary/aromatic N) is 2. The molecule has 1 aromatic carbocycles. The molecular weight excluding hydrogens is 252 g/mol. The van der Waals surface area contributed by atoms with Crippen molar-refractivity contribution in [1.29, 1.82) is 0 Å². The second-order valence-corrected chi connectivity index (χ2v) is 4.67. The van der Waals surface area contributed by atoms with Crippen LogP contribution in [-0.2, 0) is 6.54 Å². The van der Waals surface area contributed by atoms with Crippen LogP contribution in [0.25, 0.3) is 11.5 Å². The van der Waals surface area contributed by atoms with E-state index in [1.54, 1.807) is 6.26 Å². The Kier molecular flexibility index (Phi) is 4.76. The van der Waals surface area contributed by atoms with Crippen molar-refractivity contribution in [2.45, 2.75) is 32.9 Å². The molecule has 1 aromatic heterocycles. The molecule has 2 rings (SSSR count). The quantitative estimate of drug-likeness (QED) is 0.648. The fourth-order valence-electron chi connectivity index (χ4n) is 1.66. The van der Waals surface area contributed by atoms with E-state index in [0.717, 1.165) is 17.7 Å². The Morgan fingerprint density at radius 1 is 1.40 bits per heavy atom. The first-order chi connectivity index (χ1) is 9.69. The zero-order valence-electron chi connectivity index (χ0n) is 11.8. The lowest BCUT2D eigenvalue weighted by molar-refractivity contribution is 0.572. The van der Waals surface area contributed by atoms with E-state index in [0.29, 0.717) is 24.4 Å². The Morgan fingerprint density at radius 3 is 2.85 bits per heavy atom. The molecule has 0 bridgehead atoms. The minimum absolute atomic E-state index is 0.316. The van der Waals surface area contributed by atoms with E-state index in [9.17, 15) is 0 Å². The van der Waals surface area contributed by atoms with Gasteiger partial charge in [-0.25, -0.2) is 9.98 Å². The lowest BCUT2D eigenvalue weighted by atomic mass is 10.2. The number of guanidine groups is 1. The summed E-state index contributed by atoms with van der Waals surface area (Å²) in [6.45, 7) is 4.56. The van der Waals surface area contributed by atoms with Crippen LogP contribution in [0.15, 0.2) is 46.0 Å². The van der Waals surface area contributed by atoms with Gasteiger partial charge in [-0.1, -0.05) is 25.1 Å². The Morgan fingerprint density at radius 2 is 2.15 bits per heavy atom. The molecule has 0 saturated heterocycles. The predicted octanol–water partition coefficient (Wildman–Crippen LogP) is 2.54. The minimum Gasteiger partial charge on any atom is -0.444 e. The number of benzene rings is 1. The van der Waals surface area contributed by atoms with Crippen molar-refractivity contribution >= 4 is 5.96 Å². The van der Waals surface area contributed by atoms with Gasteiger partial charge < -0.3 is 15.5 Å². The molecule has 3 N–H and O–H groups in total. The highest BCUT2D eigenvalue weighted by atomic mass is 16.3. The summed E-state index contributed by atoms with van der Waals surface area (Å²) in [7, 11) is 0. The molecule has 0 fully saturated rings. The van der Waals surface area contributed by atoms with Crippen LogP contribution in [0.2, 0.25) is 0 Å². The Hall–Kier alpha value is -2.30. The molecule has 0 aliphatic carbocycles. The fourth-order valence-corrected chi connectivity index (χ4v) is 1.66. The topological polar surface area (TPSA) is 76.4 Å². The molecule has 5 nitrogen and oxygen atoms in total. The van der Waals surface area contributed by atoms with Gasteiger partial charge in [0.05, 0.1) is 6.54 Å². The van der Waals surface area contributed by atoms with Crippen LogP contribution in [0.5, 0.6) is 0 Å². The van der Waals surface area contributed by atoms with E-state index >= 15 is 0 Å². The summed E-state index contributed by atoms with van der Waals surface area (Å²) in [5.74, 6) is 1.04. The molecule has 0 radical (unpaired) electrons. The standard InChI is InChI=1S/C15H20N4O/c1-3-11(2)18-15(16)17-9-13-10-20-14(19-13)12-7-5-4-6-8-12/h4-8,10-11H,3,9H2,1-2H3,(H3,16,17,18). The van der Waals surface area contributed by atoms with Crippen LogP contribution >= 0.6 is 0 Å². The molecular formula is C15H20N4O. The summed E-state index contributed by atoms with van der Waals surface area (Å²) in [5, 5.41) is 3.11. The van der Waals surface area contributed by atoms with Crippen molar-refractivity contribution in [2.24, 2.45) is 10.7 Å². The van der Waals surface area contributed by atoms with Crippen molar-refractivity contribution < 1.29 is 4.42 Å². The van der Waals surface area contributed by atoms with Crippen molar-refractivity contribution in [1.82, 2.24) is 10.3 Å². The van der Waals surface area contributed by atoms with Crippen molar-refractivity contribution in [3.05, 3.63) is 42.3 Å². The number of rotatable bonds is 5. The van der Waals surface area contributed by atoms with Gasteiger partial charge in [-0.3, -0.25) is 0 Å². The lowest BCUT2D eigenvalue weighted by Gasteiger charge is -2.11. The Labute approximate surface area is 118 Å². The van der Waals surface area contributed by atoms with Gasteiger partial charge in [0.1, 0.15) is 12.0 Å². The summed E-state index contributed by atoms with van der Waals surface area (Å²) in [5.41, 5.74) is 7.51. The molecule has 1 unspecified atom stereocenters. The van der Waals surface area contributed by atoms with E-state index in [2.05, 4.69) is 29.1 Å². The normalized spacial score (nSPS) is 13.2. The molecule has 0 saturated carbocycles. The predicted molar refractivity (Wildman–Crippen MR) is 80.2 cm³/mol. The molecule has 5 heteroatoms. The van der Waals surface area contributed by atoms with Crippen molar-refractivity contribution in [3.63, 3.8) is 0 Å². The van der Waals surface area contributed by atoms with Crippen LogP contribution in [-0.4, -0.2) is 17.0 Å². The van der Waals surface area contributed by atoms with E-state index in [1.165, 1.54) is 0 Å². The van der Waals surface area contributed by atoms with Crippen molar-refractivity contribution in [2.75, 3.05) is 0 Å². The Balaban J connectivity index is 1.98. The molecule has 1 heterocycles. The first-order valence-electron chi connectivity index (χ1n) is 6.75. The summed E-state index contributed by atoms with van der Waals surface area (Å²) in [6, 6.07) is 10.1. The SMILES string of the molecule is CCC(C)NC(N)=NCc1coc(-c2ccccc2)n1. The molecule has 2 aromatic rings. The second kappa shape index (κ2) is 6.75. The highest BCUT2D eigenvalue weighted by molar-refractivity contribution is 5.78. The largest absolute Gasteiger partial charge is 0.444 e. The van der Waals surface area contributed by atoms with Crippen LogP contribution in [0, 0.1) is 0 Å². The van der Waals surface area contributed by atoms with Gasteiger partial charge >= 0.3 is 0 Å². The molecule has 106 valence electrons. The molecule has 0 aliphatic rings. The van der Waals surface area contributed by atoms with Gasteiger partial charge in [0.25, 0.3) is 0 Å². The van der Waals surface area contributed by atoms with Gasteiger partial charge in [0, 0.05) is 11.6 Å². The van der Waals surface area contributed by atoms with Gasteiger partial charge in [-0.2, -0.15) is 0 Å². The van der Waals surface area contributed by atoms with E-state index in [1.807, 2.05) is 30.3 Å². The highest BCUT2D eigenvalue weighted by Gasteiger charge is 2.06. The first kappa shape index (κ1) is 14.1. The fraction of sp³-hybridized carbons (Fsp3) is 0.333. The van der Waals surface area contributed by atoms with Crippen LogP contribution in [0.3, 0.4) is 0 Å². The monoisotopic (exact) mass is 272 g/mol. The van der Waals surface area contributed by atoms with Crippen LogP contribution in [0.4, 0.5) is 0 Å². The summed E-state index contributed by atoms with van der Waals surface area (Å²) < 4.78 is 5.44. The van der Waals surface area contributed by atoms with Crippen LogP contribution in [0.1, 0.15) is 26.0 Å². The third-order valence-electron chi connectivity index (χ3n) is 2.99. The number of oxazole rings is 1. The summed E-state index contributed by atoms with van der Waals surface area (Å²) in [4.78, 5) is 8.64. The maximum absolute atomic E-state index is 5.80. The van der Waals surface area contributed by atoms with E-state index in [-0.39, 0.29) is 0 Å². The Bertz CT molecular complexity index is 562. The third kappa shape index (κ3) is 3.85. The maximum Gasteiger partial charge on any atom is 0.226 e. The van der Waals surface area contributed by atoms with E-state index in [4.69, 9.17) is 10.2 Å². The summed E-state index contributed by atoms with van der Waals surface area (Å²) >= 11 is 0. The molecule has 0 amide bonds. The zero-order chi connectivity index (χ0) is 14.4. The molecule has 20 heavy (non-hydrogen) atoms. The third-order valence-corrected chi connectivity index (χ3v) is 2.99. The highest BCUT2D eigenvalue weighted by Crippen LogP contribution is 2.18. The molecule has 0 aliphatic heterocycles. The van der Waals surface area contributed by atoms with Crippen LogP contribution < -0.4 is 11.1 Å². The number of aliphatic imine (C=N–C) groups is 1.